The van der Waals surface area contributed by atoms with Crippen LogP contribution < -0.4 is 5.32 Å². The Hall–Kier alpha value is -1.12. The molecule has 1 N–H and O–H groups in total. The molecule has 0 bridgehead atoms. The van der Waals surface area contributed by atoms with Gasteiger partial charge >= 0.3 is 0 Å². The minimum absolute atomic E-state index is 0.623. The highest BCUT2D eigenvalue weighted by molar-refractivity contribution is 5.33. The molecule has 3 nitrogen and oxygen atoms in total. The molecule has 1 aromatic rings. The van der Waals surface area contributed by atoms with Crippen molar-refractivity contribution < 1.29 is 0 Å². The Balaban J connectivity index is 2.02. The van der Waals surface area contributed by atoms with Gasteiger partial charge in [0, 0.05) is 18.7 Å². The van der Waals surface area contributed by atoms with Crippen LogP contribution in [0.1, 0.15) is 44.3 Å². The van der Waals surface area contributed by atoms with E-state index in [1.807, 2.05) is 12.3 Å². The molecule has 2 rings (SSSR count). The summed E-state index contributed by atoms with van der Waals surface area (Å²) in [5.74, 6) is 2.62. The molecule has 3 heteroatoms. The zero-order valence-corrected chi connectivity index (χ0v) is 8.66. The molecule has 0 amide bonds. The van der Waals surface area contributed by atoms with Crippen LogP contribution in [0.3, 0.4) is 0 Å². The highest BCUT2D eigenvalue weighted by Gasteiger charge is 2.22. The topological polar surface area (TPSA) is 37.8 Å². The van der Waals surface area contributed by atoms with Crippen molar-refractivity contribution in [1.82, 2.24) is 9.97 Å². The fourth-order valence-electron chi connectivity index (χ4n) is 1.59. The first-order valence-electron chi connectivity index (χ1n) is 5.47. The van der Waals surface area contributed by atoms with Gasteiger partial charge in [0.2, 0.25) is 0 Å². The second-order valence-electron chi connectivity index (χ2n) is 3.85. The Morgan fingerprint density at radius 1 is 1.50 bits per heavy atom. The summed E-state index contributed by atoms with van der Waals surface area (Å²) in [5, 5.41) is 3.29. The fourth-order valence-corrected chi connectivity index (χ4v) is 1.59. The van der Waals surface area contributed by atoms with Crippen LogP contribution in [0.2, 0.25) is 0 Å². The van der Waals surface area contributed by atoms with Gasteiger partial charge in [-0.2, -0.15) is 0 Å². The van der Waals surface area contributed by atoms with Crippen molar-refractivity contribution in [3.63, 3.8) is 0 Å². The molecule has 0 radical (unpaired) electrons. The van der Waals surface area contributed by atoms with E-state index in [-0.39, 0.29) is 0 Å². The molecule has 1 heterocycles. The summed E-state index contributed by atoms with van der Waals surface area (Å²) in [6.45, 7) is 3.14. The van der Waals surface area contributed by atoms with Crippen LogP contribution >= 0.6 is 0 Å². The van der Waals surface area contributed by atoms with Crippen LogP contribution in [0.5, 0.6) is 0 Å². The summed E-state index contributed by atoms with van der Waals surface area (Å²) in [5.41, 5.74) is 0. The molecule has 0 aromatic carbocycles. The number of hydrogen-bond donors (Lipinski definition) is 1. The maximum absolute atomic E-state index is 4.51. The summed E-state index contributed by atoms with van der Waals surface area (Å²) in [6.07, 6.45) is 6.84. The quantitative estimate of drug-likeness (QED) is 0.794. The molecule has 0 unspecified atom stereocenters. The van der Waals surface area contributed by atoms with Gasteiger partial charge < -0.3 is 5.32 Å². The second-order valence-corrected chi connectivity index (χ2v) is 3.85. The van der Waals surface area contributed by atoms with Crippen molar-refractivity contribution in [2.24, 2.45) is 0 Å². The number of nitrogens with zero attached hydrogens (tertiary/aromatic N) is 2. The largest absolute Gasteiger partial charge is 0.370 e. The van der Waals surface area contributed by atoms with E-state index < -0.39 is 0 Å². The van der Waals surface area contributed by atoms with E-state index >= 15 is 0 Å². The maximum Gasteiger partial charge on any atom is 0.133 e. The van der Waals surface area contributed by atoms with E-state index in [4.69, 9.17) is 0 Å². The van der Waals surface area contributed by atoms with Crippen LogP contribution in [-0.2, 0) is 0 Å². The Labute approximate surface area is 85.0 Å². The first-order valence-corrected chi connectivity index (χ1v) is 5.47. The summed E-state index contributed by atoms with van der Waals surface area (Å²) in [7, 11) is 0. The number of anilines is 1. The Morgan fingerprint density at radius 3 is 3.00 bits per heavy atom. The van der Waals surface area contributed by atoms with Crippen molar-refractivity contribution >= 4 is 5.82 Å². The van der Waals surface area contributed by atoms with Gasteiger partial charge in [-0.1, -0.05) is 13.3 Å². The van der Waals surface area contributed by atoms with E-state index in [0.717, 1.165) is 24.6 Å². The summed E-state index contributed by atoms with van der Waals surface area (Å²) in [4.78, 5) is 8.83. The second kappa shape index (κ2) is 4.40. The molecular weight excluding hydrogens is 174 g/mol. The highest BCUT2D eigenvalue weighted by Crippen LogP contribution is 2.34. The van der Waals surface area contributed by atoms with Gasteiger partial charge in [-0.05, 0) is 25.3 Å². The lowest BCUT2D eigenvalue weighted by Gasteiger charge is -2.23. The molecule has 0 spiro atoms. The standard InChI is InChI=1S/C11H17N3/c1-2-7-12-10-6-8-13-11(14-10)9-4-3-5-9/h6,8-9H,2-5,7H2,1H3,(H,12,13,14). The Morgan fingerprint density at radius 2 is 2.36 bits per heavy atom. The Kier molecular flexibility index (Phi) is 2.96. The third kappa shape index (κ3) is 2.03. The van der Waals surface area contributed by atoms with Gasteiger partial charge in [0.05, 0.1) is 0 Å². The monoisotopic (exact) mass is 191 g/mol. The first-order chi connectivity index (χ1) is 6.90. The molecule has 0 saturated heterocycles. The SMILES string of the molecule is CCCNc1ccnc(C2CCC2)n1. The smallest absolute Gasteiger partial charge is 0.133 e. The van der Waals surface area contributed by atoms with Gasteiger partial charge in [-0.3, -0.25) is 0 Å². The van der Waals surface area contributed by atoms with Gasteiger partial charge in [-0.25, -0.2) is 9.97 Å². The lowest BCUT2D eigenvalue weighted by molar-refractivity contribution is 0.401. The van der Waals surface area contributed by atoms with E-state index in [1.165, 1.54) is 19.3 Å². The molecule has 1 fully saturated rings. The molecule has 1 saturated carbocycles. The number of hydrogen-bond acceptors (Lipinski definition) is 3. The predicted octanol–water partition coefficient (Wildman–Crippen LogP) is 2.57. The normalized spacial score (nSPS) is 16.4. The molecule has 0 atom stereocenters. The van der Waals surface area contributed by atoms with Crippen LogP contribution in [0.4, 0.5) is 5.82 Å². The van der Waals surface area contributed by atoms with Crippen molar-refractivity contribution in [2.75, 3.05) is 11.9 Å². The molecule has 0 aliphatic heterocycles. The van der Waals surface area contributed by atoms with Gasteiger partial charge in [0.25, 0.3) is 0 Å². The zero-order valence-electron chi connectivity index (χ0n) is 8.66. The average molecular weight is 191 g/mol. The minimum Gasteiger partial charge on any atom is -0.370 e. The molecule has 1 aromatic heterocycles. The summed E-state index contributed by atoms with van der Waals surface area (Å²) in [6, 6.07) is 1.94. The van der Waals surface area contributed by atoms with Crippen LogP contribution in [0.25, 0.3) is 0 Å². The lowest BCUT2D eigenvalue weighted by atomic mass is 9.85. The third-order valence-electron chi connectivity index (χ3n) is 2.70. The van der Waals surface area contributed by atoms with Crippen molar-refractivity contribution in [1.29, 1.82) is 0 Å². The molecule has 76 valence electrons. The van der Waals surface area contributed by atoms with E-state index in [9.17, 15) is 0 Å². The van der Waals surface area contributed by atoms with Crippen LogP contribution in [0, 0.1) is 0 Å². The van der Waals surface area contributed by atoms with E-state index in [0.29, 0.717) is 5.92 Å². The highest BCUT2D eigenvalue weighted by atomic mass is 15.0. The van der Waals surface area contributed by atoms with Gasteiger partial charge in [-0.15, -0.1) is 0 Å². The van der Waals surface area contributed by atoms with Crippen LogP contribution in [-0.4, -0.2) is 16.5 Å². The van der Waals surface area contributed by atoms with E-state index in [1.54, 1.807) is 0 Å². The molecule has 1 aliphatic carbocycles. The molecule has 14 heavy (non-hydrogen) atoms. The summed E-state index contributed by atoms with van der Waals surface area (Å²) >= 11 is 0. The summed E-state index contributed by atoms with van der Waals surface area (Å²) < 4.78 is 0. The lowest BCUT2D eigenvalue weighted by Crippen LogP contribution is -2.13. The number of nitrogens with one attached hydrogen (secondary N) is 1. The van der Waals surface area contributed by atoms with Crippen molar-refractivity contribution in [2.45, 2.75) is 38.5 Å². The van der Waals surface area contributed by atoms with Crippen molar-refractivity contribution in [3.8, 4) is 0 Å². The van der Waals surface area contributed by atoms with Crippen molar-refractivity contribution in [3.05, 3.63) is 18.1 Å². The number of rotatable bonds is 4. The molecular formula is C11H17N3. The predicted molar refractivity (Wildman–Crippen MR) is 57.4 cm³/mol. The minimum atomic E-state index is 0.623. The Bertz CT molecular complexity index is 294. The molecule has 1 aliphatic rings. The van der Waals surface area contributed by atoms with Crippen LogP contribution in [0.15, 0.2) is 12.3 Å². The zero-order chi connectivity index (χ0) is 9.80. The maximum atomic E-state index is 4.51. The number of aromatic nitrogens is 2. The van der Waals surface area contributed by atoms with E-state index in [2.05, 4.69) is 22.2 Å². The van der Waals surface area contributed by atoms with Gasteiger partial charge in [0.1, 0.15) is 11.6 Å². The first kappa shape index (κ1) is 9.44. The third-order valence-corrected chi connectivity index (χ3v) is 2.70. The fraction of sp³-hybridized carbons (Fsp3) is 0.636. The van der Waals surface area contributed by atoms with Gasteiger partial charge in [0.15, 0.2) is 0 Å². The average Bonchev–Trinajstić information content (AvgIpc) is 2.13.